The number of rotatable bonds is 4. The predicted octanol–water partition coefficient (Wildman–Crippen LogP) is 5.63. The number of fused-ring (bicyclic) bond motifs is 2. The van der Waals surface area contributed by atoms with Crippen molar-refractivity contribution in [1.82, 2.24) is 0 Å². The summed E-state index contributed by atoms with van der Waals surface area (Å²) in [5.41, 5.74) is 4.22. The molecule has 0 aromatic heterocycles. The Kier molecular flexibility index (Phi) is 6.98. The Labute approximate surface area is 251 Å². The monoisotopic (exact) mass is 580 g/mol. The summed E-state index contributed by atoms with van der Waals surface area (Å²) in [6.07, 6.45) is 7.61. The lowest BCUT2D eigenvalue weighted by atomic mass is 9.98. The van der Waals surface area contributed by atoms with Crippen molar-refractivity contribution in [3.05, 3.63) is 173 Å². The van der Waals surface area contributed by atoms with Gasteiger partial charge in [-0.3, -0.25) is 14.4 Å². The van der Waals surface area contributed by atoms with Crippen LogP contribution < -0.4 is 26.7 Å². The molecule has 0 fully saturated rings. The van der Waals surface area contributed by atoms with Gasteiger partial charge in [0.15, 0.2) is 0 Å². The van der Waals surface area contributed by atoms with Crippen molar-refractivity contribution in [2.75, 3.05) is 0 Å². The Balaban J connectivity index is 1.37. The average Bonchev–Trinajstić information content (AvgIpc) is 3.23. The lowest BCUT2D eigenvalue weighted by molar-refractivity contribution is 1.35. The summed E-state index contributed by atoms with van der Waals surface area (Å²) in [6, 6.07) is 36.0. The molecule has 0 aliphatic carbocycles. The zero-order chi connectivity index (χ0) is 28.6. The Morgan fingerprint density at radius 2 is 0.833 bits per heavy atom. The van der Waals surface area contributed by atoms with Crippen LogP contribution in [0.1, 0.15) is 22.3 Å². The quantitative estimate of drug-likeness (QED) is 0.258. The van der Waals surface area contributed by atoms with Gasteiger partial charge in [0.1, 0.15) is 0 Å². The first-order chi connectivity index (χ1) is 20.6. The minimum absolute atomic E-state index is 0.0450. The smallest absolute Gasteiger partial charge is 0.237 e. The zero-order valence-corrected chi connectivity index (χ0v) is 24.0. The standard InChI is InChI=1S/C37H24O3S2/c38-35-29(21-33-27(23-11-3-1-4-12-23)19-25-15-7-9-17-31(25)41-33)36(39)37(40)30(35)22-34-28(24-13-5-2-6-14-24)20-26-16-8-10-18-32(26)42-34/h1-22,33-34H. The fraction of sp³-hybridized carbons (Fsp3) is 0.0541. The van der Waals surface area contributed by atoms with E-state index in [1.54, 1.807) is 35.7 Å². The van der Waals surface area contributed by atoms with Crippen molar-refractivity contribution in [3.63, 3.8) is 0 Å². The molecular weight excluding hydrogens is 557 g/mol. The minimum atomic E-state index is -0.732. The molecule has 7 rings (SSSR count). The van der Waals surface area contributed by atoms with Crippen LogP contribution >= 0.6 is 23.5 Å². The minimum Gasteiger partial charge on any atom is -0.288 e. The third kappa shape index (κ3) is 4.85. The lowest BCUT2D eigenvalue weighted by Crippen LogP contribution is -2.38. The van der Waals surface area contributed by atoms with Gasteiger partial charge >= 0.3 is 0 Å². The first kappa shape index (κ1) is 26.4. The number of benzene rings is 4. The maximum absolute atomic E-state index is 13.8. The molecule has 5 aromatic carbocycles. The van der Waals surface area contributed by atoms with E-state index in [-0.39, 0.29) is 20.9 Å². The van der Waals surface area contributed by atoms with Crippen LogP contribution in [0.5, 0.6) is 0 Å². The van der Waals surface area contributed by atoms with Crippen LogP contribution in [0, 0.1) is 0 Å². The maximum atomic E-state index is 13.8. The number of hydrogen-bond acceptors (Lipinski definition) is 5. The molecule has 2 aliphatic heterocycles. The third-order valence-corrected chi connectivity index (χ3v) is 10.2. The van der Waals surface area contributed by atoms with Gasteiger partial charge in [0.2, 0.25) is 16.3 Å². The van der Waals surface area contributed by atoms with Gasteiger partial charge in [-0.2, -0.15) is 0 Å². The first-order valence-electron chi connectivity index (χ1n) is 13.7. The van der Waals surface area contributed by atoms with Crippen LogP contribution in [0.3, 0.4) is 0 Å². The molecule has 2 atom stereocenters. The Morgan fingerprint density at radius 3 is 1.26 bits per heavy atom. The second-order valence-electron chi connectivity index (χ2n) is 10.2. The Hall–Kier alpha value is -4.45. The van der Waals surface area contributed by atoms with Gasteiger partial charge in [0, 0.05) is 9.79 Å². The van der Waals surface area contributed by atoms with Gasteiger partial charge in [-0.1, -0.05) is 109 Å². The predicted molar refractivity (Wildman–Crippen MR) is 177 cm³/mol. The van der Waals surface area contributed by atoms with E-state index in [2.05, 4.69) is 24.3 Å². The molecule has 0 radical (unpaired) electrons. The van der Waals surface area contributed by atoms with Crippen LogP contribution in [0.15, 0.2) is 133 Å². The van der Waals surface area contributed by atoms with E-state index in [4.69, 9.17) is 0 Å². The third-order valence-electron chi connectivity index (χ3n) is 7.62. The van der Waals surface area contributed by atoms with Crippen molar-refractivity contribution < 1.29 is 0 Å². The highest BCUT2D eigenvalue weighted by Crippen LogP contribution is 2.43. The SMILES string of the molecule is O=c1c(=O)c(=CC2Sc3ccccc3C=C2c2ccccc2)c(=O)c1=CC1Sc2ccccc2C=C1c1ccccc1. The largest absolute Gasteiger partial charge is 0.288 e. The van der Waals surface area contributed by atoms with E-state index in [1.165, 1.54) is 0 Å². The van der Waals surface area contributed by atoms with E-state index in [1.807, 2.05) is 97.1 Å². The molecule has 0 N–H and O–H groups in total. The van der Waals surface area contributed by atoms with E-state index < -0.39 is 16.3 Å². The first-order valence-corrected chi connectivity index (χ1v) is 15.5. The molecule has 5 aromatic rings. The zero-order valence-electron chi connectivity index (χ0n) is 22.4. The van der Waals surface area contributed by atoms with Gasteiger partial charge in [-0.25, -0.2) is 0 Å². The molecule has 2 aliphatic rings. The summed E-state index contributed by atoms with van der Waals surface area (Å²) in [7, 11) is 0. The van der Waals surface area contributed by atoms with Gasteiger partial charge in [0.05, 0.1) is 20.9 Å². The molecule has 0 spiro atoms. The van der Waals surface area contributed by atoms with Crippen LogP contribution in [0.4, 0.5) is 0 Å². The molecule has 2 heterocycles. The highest BCUT2D eigenvalue weighted by atomic mass is 32.2. The summed E-state index contributed by atoms with van der Waals surface area (Å²) in [6.45, 7) is 0. The Bertz CT molecular complexity index is 2000. The summed E-state index contributed by atoms with van der Waals surface area (Å²) >= 11 is 3.17. The molecular formula is C37H24O3S2. The topological polar surface area (TPSA) is 51.2 Å². The second-order valence-corrected chi connectivity index (χ2v) is 12.6. The van der Waals surface area contributed by atoms with Gasteiger partial charge in [-0.15, -0.1) is 23.5 Å². The fourth-order valence-corrected chi connectivity index (χ4v) is 7.98. The van der Waals surface area contributed by atoms with Crippen LogP contribution in [0.25, 0.3) is 35.5 Å². The van der Waals surface area contributed by atoms with Gasteiger partial charge in [0.25, 0.3) is 0 Å². The summed E-state index contributed by atoms with van der Waals surface area (Å²) < 4.78 is 0. The molecule has 3 nitrogen and oxygen atoms in total. The lowest BCUT2D eigenvalue weighted by Gasteiger charge is -2.23. The Morgan fingerprint density at radius 1 is 0.452 bits per heavy atom. The molecule has 5 heteroatoms. The van der Waals surface area contributed by atoms with Crippen molar-refractivity contribution >= 4 is 59.0 Å². The average molecular weight is 581 g/mol. The molecule has 42 heavy (non-hydrogen) atoms. The summed E-state index contributed by atoms with van der Waals surface area (Å²) in [4.78, 5) is 42.6. The van der Waals surface area contributed by atoms with Crippen molar-refractivity contribution in [2.45, 2.75) is 20.3 Å². The summed E-state index contributed by atoms with van der Waals surface area (Å²) in [5.74, 6) is 0. The highest BCUT2D eigenvalue weighted by molar-refractivity contribution is 8.01. The van der Waals surface area contributed by atoms with Gasteiger partial charge in [-0.05, 0) is 57.7 Å². The van der Waals surface area contributed by atoms with Crippen molar-refractivity contribution in [2.24, 2.45) is 0 Å². The molecule has 202 valence electrons. The number of hydrogen-bond donors (Lipinski definition) is 0. The van der Waals surface area contributed by atoms with E-state index in [0.717, 1.165) is 43.2 Å². The van der Waals surface area contributed by atoms with E-state index >= 15 is 0 Å². The van der Waals surface area contributed by atoms with E-state index in [0.29, 0.717) is 0 Å². The fourth-order valence-electron chi connectivity index (χ4n) is 5.52. The molecule has 0 bridgehead atoms. The summed E-state index contributed by atoms with van der Waals surface area (Å²) in [5, 5.41) is -0.686. The molecule has 2 unspecified atom stereocenters. The van der Waals surface area contributed by atoms with Gasteiger partial charge < -0.3 is 0 Å². The normalized spacial score (nSPS) is 18.7. The molecule has 0 amide bonds. The second kappa shape index (κ2) is 11.1. The van der Waals surface area contributed by atoms with Crippen molar-refractivity contribution in [3.8, 4) is 0 Å². The van der Waals surface area contributed by atoms with Crippen LogP contribution in [-0.4, -0.2) is 10.5 Å². The van der Waals surface area contributed by atoms with Crippen molar-refractivity contribution in [1.29, 1.82) is 0 Å². The van der Waals surface area contributed by atoms with Crippen LogP contribution in [0.2, 0.25) is 0 Å². The maximum Gasteiger partial charge on any atom is 0.237 e. The molecule has 0 saturated carbocycles. The highest BCUT2D eigenvalue weighted by Gasteiger charge is 2.25. The van der Waals surface area contributed by atoms with Crippen LogP contribution in [-0.2, 0) is 0 Å². The number of thioether (sulfide) groups is 2. The molecule has 0 saturated heterocycles. The van der Waals surface area contributed by atoms with E-state index in [9.17, 15) is 14.4 Å².